The molecule has 0 unspecified atom stereocenters. The molecule has 0 aliphatic heterocycles. The first-order valence-electron chi connectivity index (χ1n) is 9.40. The molecule has 3 aromatic carbocycles. The lowest BCUT2D eigenvalue weighted by Crippen LogP contribution is -2.20. The van der Waals surface area contributed by atoms with Crippen molar-refractivity contribution in [3.05, 3.63) is 76.3 Å². The van der Waals surface area contributed by atoms with E-state index >= 15 is 0 Å². The van der Waals surface area contributed by atoms with Gasteiger partial charge in [-0.25, -0.2) is 0 Å². The van der Waals surface area contributed by atoms with E-state index in [9.17, 15) is 9.59 Å². The third-order valence-corrected chi connectivity index (χ3v) is 4.90. The van der Waals surface area contributed by atoms with Crippen LogP contribution in [0, 0.1) is 0 Å². The standard InChI is InChI=1S/C23H20Cl2N2O5/c1-30-17-7-5-16(6-8-17)26-22(28)13-32-20-10-3-14(11-21(20)31-2)23(29)27-19-12-15(24)4-9-18(19)25/h3-12H,13H2,1-2H3,(H,26,28)(H,27,29). The lowest BCUT2D eigenvalue weighted by atomic mass is 10.2. The highest BCUT2D eigenvalue weighted by molar-refractivity contribution is 6.35. The fourth-order valence-electron chi connectivity index (χ4n) is 2.73. The first kappa shape index (κ1) is 23.2. The number of halogens is 2. The number of benzene rings is 3. The zero-order valence-electron chi connectivity index (χ0n) is 17.3. The first-order valence-corrected chi connectivity index (χ1v) is 10.2. The predicted octanol–water partition coefficient (Wildman–Crippen LogP) is 5.28. The Balaban J connectivity index is 1.63. The Bertz CT molecular complexity index is 1120. The van der Waals surface area contributed by atoms with E-state index in [4.69, 9.17) is 37.4 Å². The first-order chi connectivity index (χ1) is 15.4. The largest absolute Gasteiger partial charge is 0.497 e. The highest BCUT2D eigenvalue weighted by Crippen LogP contribution is 2.30. The zero-order valence-corrected chi connectivity index (χ0v) is 18.8. The Hall–Kier alpha value is -3.42. The van der Waals surface area contributed by atoms with Gasteiger partial charge in [-0.3, -0.25) is 9.59 Å². The van der Waals surface area contributed by atoms with Crippen LogP contribution in [0.1, 0.15) is 10.4 Å². The van der Waals surface area contributed by atoms with E-state index in [-0.39, 0.29) is 12.5 Å². The second-order valence-corrected chi connectivity index (χ2v) is 7.35. The molecule has 0 radical (unpaired) electrons. The Labute approximate surface area is 195 Å². The molecule has 32 heavy (non-hydrogen) atoms. The molecule has 0 aliphatic carbocycles. The Morgan fingerprint density at radius 1 is 0.844 bits per heavy atom. The van der Waals surface area contributed by atoms with Gasteiger partial charge in [-0.05, 0) is 60.7 Å². The molecular weight excluding hydrogens is 455 g/mol. The molecule has 0 aromatic heterocycles. The molecule has 0 atom stereocenters. The van der Waals surface area contributed by atoms with Crippen LogP contribution >= 0.6 is 23.2 Å². The zero-order chi connectivity index (χ0) is 23.1. The molecule has 166 valence electrons. The van der Waals surface area contributed by atoms with Gasteiger partial charge in [0.15, 0.2) is 18.1 Å². The molecule has 7 nitrogen and oxygen atoms in total. The topological polar surface area (TPSA) is 85.9 Å². The van der Waals surface area contributed by atoms with Crippen LogP contribution in [0.4, 0.5) is 11.4 Å². The van der Waals surface area contributed by atoms with Gasteiger partial charge in [0, 0.05) is 16.3 Å². The molecule has 0 saturated heterocycles. The quantitative estimate of drug-likeness (QED) is 0.463. The smallest absolute Gasteiger partial charge is 0.262 e. The molecule has 3 rings (SSSR count). The van der Waals surface area contributed by atoms with Gasteiger partial charge in [-0.15, -0.1) is 0 Å². The summed E-state index contributed by atoms with van der Waals surface area (Å²) in [5.41, 5.74) is 1.31. The average molecular weight is 475 g/mol. The lowest BCUT2D eigenvalue weighted by molar-refractivity contribution is -0.118. The van der Waals surface area contributed by atoms with E-state index < -0.39 is 5.91 Å². The molecule has 0 fully saturated rings. The minimum atomic E-state index is -0.406. The molecule has 0 saturated carbocycles. The van der Waals surface area contributed by atoms with Crippen molar-refractivity contribution < 1.29 is 23.8 Å². The van der Waals surface area contributed by atoms with Crippen molar-refractivity contribution in [2.24, 2.45) is 0 Å². The van der Waals surface area contributed by atoms with Gasteiger partial charge in [0.2, 0.25) is 0 Å². The number of rotatable bonds is 8. The SMILES string of the molecule is COc1ccc(NC(=O)COc2ccc(C(=O)Nc3cc(Cl)ccc3Cl)cc2OC)cc1. The fraction of sp³-hybridized carbons (Fsp3) is 0.130. The van der Waals surface area contributed by atoms with Crippen molar-refractivity contribution in [2.45, 2.75) is 0 Å². The summed E-state index contributed by atoms with van der Waals surface area (Å²) in [6.07, 6.45) is 0. The van der Waals surface area contributed by atoms with Gasteiger partial charge >= 0.3 is 0 Å². The summed E-state index contributed by atoms with van der Waals surface area (Å²) >= 11 is 12.0. The number of methoxy groups -OCH3 is 2. The summed E-state index contributed by atoms with van der Waals surface area (Å²) < 4.78 is 16.0. The van der Waals surface area contributed by atoms with Crippen LogP contribution in [0.2, 0.25) is 10.0 Å². The number of amides is 2. The molecule has 0 heterocycles. The van der Waals surface area contributed by atoms with Crippen LogP contribution in [-0.2, 0) is 4.79 Å². The molecule has 2 amide bonds. The van der Waals surface area contributed by atoms with Crippen LogP contribution in [0.25, 0.3) is 0 Å². The van der Waals surface area contributed by atoms with Gasteiger partial charge in [-0.2, -0.15) is 0 Å². The number of carbonyl (C=O) groups excluding carboxylic acids is 2. The molecule has 2 N–H and O–H groups in total. The summed E-state index contributed by atoms with van der Waals surface area (Å²) in [6.45, 7) is -0.244. The Morgan fingerprint density at radius 2 is 1.59 bits per heavy atom. The second-order valence-electron chi connectivity index (χ2n) is 6.51. The average Bonchev–Trinajstić information content (AvgIpc) is 2.80. The molecule has 0 bridgehead atoms. The number of anilines is 2. The minimum absolute atomic E-state index is 0.244. The summed E-state index contributed by atoms with van der Waals surface area (Å²) in [7, 11) is 3.01. The van der Waals surface area contributed by atoms with Crippen molar-refractivity contribution >= 4 is 46.4 Å². The van der Waals surface area contributed by atoms with Gasteiger partial charge in [0.1, 0.15) is 5.75 Å². The van der Waals surface area contributed by atoms with Crippen molar-refractivity contribution in [1.82, 2.24) is 0 Å². The Morgan fingerprint density at radius 3 is 2.28 bits per heavy atom. The number of ether oxygens (including phenoxy) is 3. The highest BCUT2D eigenvalue weighted by Gasteiger charge is 2.14. The van der Waals surface area contributed by atoms with Crippen molar-refractivity contribution in [2.75, 3.05) is 31.5 Å². The normalized spacial score (nSPS) is 10.2. The third-order valence-electron chi connectivity index (χ3n) is 4.33. The Kier molecular flexibility index (Phi) is 7.81. The summed E-state index contributed by atoms with van der Waals surface area (Å²) in [5.74, 6) is 0.540. The van der Waals surface area contributed by atoms with E-state index in [1.807, 2.05) is 0 Å². The summed E-state index contributed by atoms with van der Waals surface area (Å²) in [5, 5.41) is 6.22. The molecule has 0 spiro atoms. The number of hydrogen-bond acceptors (Lipinski definition) is 5. The van der Waals surface area contributed by atoms with Gasteiger partial charge in [0.05, 0.1) is 24.9 Å². The maximum absolute atomic E-state index is 12.6. The monoisotopic (exact) mass is 474 g/mol. The van der Waals surface area contributed by atoms with E-state index in [0.717, 1.165) is 0 Å². The lowest BCUT2D eigenvalue weighted by Gasteiger charge is -2.13. The van der Waals surface area contributed by atoms with Gasteiger partial charge in [-0.1, -0.05) is 23.2 Å². The fourth-order valence-corrected chi connectivity index (χ4v) is 3.07. The van der Waals surface area contributed by atoms with Gasteiger partial charge in [0.25, 0.3) is 11.8 Å². The van der Waals surface area contributed by atoms with E-state index in [2.05, 4.69) is 10.6 Å². The maximum atomic E-state index is 12.6. The van der Waals surface area contributed by atoms with Crippen molar-refractivity contribution in [3.8, 4) is 17.2 Å². The van der Waals surface area contributed by atoms with E-state index in [1.54, 1.807) is 61.7 Å². The minimum Gasteiger partial charge on any atom is -0.497 e. The third kappa shape index (κ3) is 6.06. The predicted molar refractivity (Wildman–Crippen MR) is 125 cm³/mol. The van der Waals surface area contributed by atoms with Gasteiger partial charge < -0.3 is 24.8 Å². The highest BCUT2D eigenvalue weighted by atomic mass is 35.5. The number of hydrogen-bond donors (Lipinski definition) is 2. The van der Waals surface area contributed by atoms with Crippen LogP contribution < -0.4 is 24.8 Å². The van der Waals surface area contributed by atoms with Crippen molar-refractivity contribution in [1.29, 1.82) is 0 Å². The van der Waals surface area contributed by atoms with Crippen molar-refractivity contribution in [3.63, 3.8) is 0 Å². The number of nitrogens with one attached hydrogen (secondary N) is 2. The molecule has 9 heteroatoms. The van der Waals surface area contributed by atoms with Crippen LogP contribution in [0.5, 0.6) is 17.2 Å². The molecular formula is C23H20Cl2N2O5. The summed E-state index contributed by atoms with van der Waals surface area (Å²) in [6, 6.07) is 16.3. The summed E-state index contributed by atoms with van der Waals surface area (Å²) in [4.78, 5) is 24.8. The van der Waals surface area contributed by atoms with E-state index in [1.165, 1.54) is 13.2 Å². The van der Waals surface area contributed by atoms with E-state index in [0.29, 0.717) is 44.2 Å². The molecule has 0 aliphatic rings. The van der Waals surface area contributed by atoms with Crippen LogP contribution in [0.3, 0.4) is 0 Å². The number of carbonyl (C=O) groups is 2. The molecule has 3 aromatic rings. The second kappa shape index (κ2) is 10.7. The van der Waals surface area contributed by atoms with Crippen LogP contribution in [0.15, 0.2) is 60.7 Å². The maximum Gasteiger partial charge on any atom is 0.262 e. The van der Waals surface area contributed by atoms with Crippen LogP contribution in [-0.4, -0.2) is 32.6 Å².